The lowest BCUT2D eigenvalue weighted by Gasteiger charge is -2.37. The molecule has 0 radical (unpaired) electrons. The van der Waals surface area contributed by atoms with Crippen LogP contribution in [-0.2, 0) is 12.1 Å². The molecular formula is C11H18ClN3O. The SMILES string of the molecule is CN(C)CCn1ncc(Cl)c1C1(O)CCC1. The first-order chi connectivity index (χ1) is 7.53. The molecular weight excluding hydrogens is 226 g/mol. The van der Waals surface area contributed by atoms with Gasteiger partial charge in [-0.1, -0.05) is 11.6 Å². The molecule has 1 fully saturated rings. The van der Waals surface area contributed by atoms with Crippen LogP contribution in [0.5, 0.6) is 0 Å². The van der Waals surface area contributed by atoms with Crippen LogP contribution in [0.4, 0.5) is 0 Å². The van der Waals surface area contributed by atoms with Crippen LogP contribution in [0.25, 0.3) is 0 Å². The Morgan fingerprint density at radius 3 is 2.75 bits per heavy atom. The van der Waals surface area contributed by atoms with Crippen LogP contribution in [-0.4, -0.2) is 40.4 Å². The van der Waals surface area contributed by atoms with Crippen molar-refractivity contribution in [2.45, 2.75) is 31.4 Å². The minimum atomic E-state index is -0.736. The maximum Gasteiger partial charge on any atom is 0.108 e. The molecule has 4 nitrogen and oxygen atoms in total. The average molecular weight is 244 g/mol. The molecule has 0 bridgehead atoms. The van der Waals surface area contributed by atoms with Crippen molar-refractivity contribution < 1.29 is 5.11 Å². The molecule has 1 heterocycles. The van der Waals surface area contributed by atoms with E-state index in [0.717, 1.165) is 38.0 Å². The fourth-order valence-corrected chi connectivity index (χ4v) is 2.35. The molecule has 0 atom stereocenters. The number of aromatic nitrogens is 2. The van der Waals surface area contributed by atoms with Crippen LogP contribution in [0.1, 0.15) is 25.0 Å². The van der Waals surface area contributed by atoms with Gasteiger partial charge < -0.3 is 10.0 Å². The van der Waals surface area contributed by atoms with Crippen molar-refractivity contribution in [3.63, 3.8) is 0 Å². The Balaban J connectivity index is 2.19. The number of aliphatic hydroxyl groups is 1. The van der Waals surface area contributed by atoms with Gasteiger partial charge in [-0.05, 0) is 33.4 Å². The van der Waals surface area contributed by atoms with Crippen molar-refractivity contribution in [3.8, 4) is 0 Å². The summed E-state index contributed by atoms with van der Waals surface area (Å²) in [5, 5.41) is 15.2. The van der Waals surface area contributed by atoms with E-state index in [0.29, 0.717) is 5.02 Å². The van der Waals surface area contributed by atoms with E-state index in [2.05, 4.69) is 10.00 Å². The Bertz CT molecular complexity index is 371. The predicted molar refractivity (Wildman–Crippen MR) is 63.5 cm³/mol. The van der Waals surface area contributed by atoms with Gasteiger partial charge in [0.1, 0.15) is 5.60 Å². The maximum atomic E-state index is 10.3. The highest BCUT2D eigenvalue weighted by molar-refractivity contribution is 6.31. The second-order valence-corrected chi connectivity index (χ2v) is 5.16. The van der Waals surface area contributed by atoms with Crippen molar-refractivity contribution in [1.82, 2.24) is 14.7 Å². The van der Waals surface area contributed by atoms with Gasteiger partial charge in [-0.25, -0.2) is 0 Å². The Hall–Kier alpha value is -0.580. The van der Waals surface area contributed by atoms with Crippen molar-refractivity contribution in [1.29, 1.82) is 0 Å². The Kier molecular flexibility index (Phi) is 3.24. The first-order valence-corrected chi connectivity index (χ1v) is 6.00. The third-order valence-corrected chi connectivity index (χ3v) is 3.45. The quantitative estimate of drug-likeness (QED) is 0.871. The third-order valence-electron chi connectivity index (χ3n) is 3.18. The lowest BCUT2D eigenvalue weighted by molar-refractivity contribution is -0.0464. The minimum Gasteiger partial charge on any atom is -0.384 e. The van der Waals surface area contributed by atoms with Crippen LogP contribution < -0.4 is 0 Å². The van der Waals surface area contributed by atoms with Gasteiger partial charge in [-0.2, -0.15) is 5.10 Å². The molecule has 1 aliphatic rings. The van der Waals surface area contributed by atoms with E-state index in [4.69, 9.17) is 11.6 Å². The van der Waals surface area contributed by atoms with Crippen LogP contribution in [0.15, 0.2) is 6.20 Å². The van der Waals surface area contributed by atoms with Gasteiger partial charge in [0, 0.05) is 6.54 Å². The summed E-state index contributed by atoms with van der Waals surface area (Å²) in [6.45, 7) is 1.65. The number of likely N-dealkylation sites (N-methyl/N-ethyl adjacent to an activating group) is 1. The number of hydrogen-bond donors (Lipinski definition) is 1. The van der Waals surface area contributed by atoms with E-state index in [-0.39, 0.29) is 0 Å². The van der Waals surface area contributed by atoms with Crippen LogP contribution >= 0.6 is 11.6 Å². The predicted octanol–water partition coefficient (Wildman–Crippen LogP) is 1.47. The summed E-state index contributed by atoms with van der Waals surface area (Å²) in [5.41, 5.74) is 0.0576. The first kappa shape index (κ1) is 11.9. The summed E-state index contributed by atoms with van der Waals surface area (Å²) >= 11 is 6.10. The Morgan fingerprint density at radius 1 is 1.56 bits per heavy atom. The molecule has 1 aromatic heterocycles. The highest BCUT2D eigenvalue weighted by Crippen LogP contribution is 2.43. The molecule has 1 saturated carbocycles. The second-order valence-electron chi connectivity index (χ2n) is 4.75. The van der Waals surface area contributed by atoms with Gasteiger partial charge >= 0.3 is 0 Å². The molecule has 1 N–H and O–H groups in total. The lowest BCUT2D eigenvalue weighted by Crippen LogP contribution is -2.37. The van der Waals surface area contributed by atoms with Gasteiger partial charge in [0.25, 0.3) is 0 Å². The molecule has 0 aromatic carbocycles. The summed E-state index contributed by atoms with van der Waals surface area (Å²) in [6.07, 6.45) is 4.27. The van der Waals surface area contributed by atoms with Crippen LogP contribution in [0.3, 0.4) is 0 Å². The fraction of sp³-hybridized carbons (Fsp3) is 0.727. The van der Waals surface area contributed by atoms with Gasteiger partial charge in [0.2, 0.25) is 0 Å². The van der Waals surface area contributed by atoms with E-state index in [1.54, 1.807) is 6.20 Å². The van der Waals surface area contributed by atoms with Gasteiger partial charge in [0.05, 0.1) is 23.5 Å². The summed E-state index contributed by atoms with van der Waals surface area (Å²) in [5.74, 6) is 0. The summed E-state index contributed by atoms with van der Waals surface area (Å²) < 4.78 is 1.83. The molecule has 0 unspecified atom stereocenters. The lowest BCUT2D eigenvalue weighted by atomic mass is 9.78. The largest absolute Gasteiger partial charge is 0.384 e. The van der Waals surface area contributed by atoms with Crippen molar-refractivity contribution in [2.75, 3.05) is 20.6 Å². The molecule has 2 rings (SSSR count). The second kappa shape index (κ2) is 4.35. The Morgan fingerprint density at radius 2 is 2.25 bits per heavy atom. The van der Waals surface area contributed by atoms with E-state index < -0.39 is 5.60 Å². The van der Waals surface area contributed by atoms with Crippen molar-refractivity contribution in [3.05, 3.63) is 16.9 Å². The molecule has 16 heavy (non-hydrogen) atoms. The fourth-order valence-electron chi connectivity index (χ4n) is 2.04. The van der Waals surface area contributed by atoms with E-state index in [1.165, 1.54) is 0 Å². The Labute approximate surface area is 101 Å². The van der Waals surface area contributed by atoms with Gasteiger partial charge in [0.15, 0.2) is 0 Å². The van der Waals surface area contributed by atoms with Gasteiger partial charge in [-0.15, -0.1) is 0 Å². The minimum absolute atomic E-state index is 0.584. The van der Waals surface area contributed by atoms with E-state index in [1.807, 2.05) is 18.8 Å². The number of halogens is 1. The first-order valence-electron chi connectivity index (χ1n) is 5.62. The van der Waals surface area contributed by atoms with Crippen LogP contribution in [0.2, 0.25) is 5.02 Å². The summed E-state index contributed by atoms with van der Waals surface area (Å²) in [7, 11) is 4.03. The molecule has 1 aliphatic carbocycles. The molecule has 0 amide bonds. The number of hydrogen-bond acceptors (Lipinski definition) is 3. The topological polar surface area (TPSA) is 41.3 Å². The summed E-state index contributed by atoms with van der Waals surface area (Å²) in [4.78, 5) is 2.09. The summed E-state index contributed by atoms with van der Waals surface area (Å²) in [6, 6.07) is 0. The number of rotatable bonds is 4. The van der Waals surface area contributed by atoms with Gasteiger partial charge in [-0.3, -0.25) is 4.68 Å². The molecule has 0 aliphatic heterocycles. The third kappa shape index (κ3) is 2.10. The average Bonchev–Trinajstić information content (AvgIpc) is 2.53. The van der Waals surface area contributed by atoms with Crippen LogP contribution in [0, 0.1) is 0 Å². The molecule has 0 spiro atoms. The normalized spacial score (nSPS) is 18.8. The highest BCUT2D eigenvalue weighted by Gasteiger charge is 2.40. The zero-order valence-corrected chi connectivity index (χ0v) is 10.5. The van der Waals surface area contributed by atoms with E-state index >= 15 is 0 Å². The molecule has 90 valence electrons. The monoisotopic (exact) mass is 243 g/mol. The molecule has 0 saturated heterocycles. The van der Waals surface area contributed by atoms with Crippen molar-refractivity contribution >= 4 is 11.6 Å². The smallest absolute Gasteiger partial charge is 0.108 e. The number of nitrogens with zero attached hydrogens (tertiary/aromatic N) is 3. The van der Waals surface area contributed by atoms with Crippen molar-refractivity contribution in [2.24, 2.45) is 0 Å². The van der Waals surface area contributed by atoms with E-state index in [9.17, 15) is 5.11 Å². The zero-order valence-electron chi connectivity index (χ0n) is 9.78. The maximum absolute atomic E-state index is 10.3. The zero-order chi connectivity index (χ0) is 11.8. The molecule has 5 heteroatoms. The molecule has 1 aromatic rings. The standard InChI is InChI=1S/C11H18ClN3O/c1-14(2)6-7-15-10(9(12)8-13-15)11(16)4-3-5-11/h8,16H,3-7H2,1-2H3. The highest BCUT2D eigenvalue weighted by atomic mass is 35.5.